The quantitative estimate of drug-likeness (QED) is 0.786. The molecular formula is C11H16F2N2O. The van der Waals surface area contributed by atoms with Gasteiger partial charge in [-0.1, -0.05) is 6.07 Å². The molecule has 0 aromatic heterocycles. The molecule has 0 atom stereocenters. The molecule has 0 aliphatic carbocycles. The third kappa shape index (κ3) is 3.66. The highest BCUT2D eigenvalue weighted by Crippen LogP contribution is 2.22. The van der Waals surface area contributed by atoms with E-state index in [-0.39, 0.29) is 6.54 Å². The van der Waals surface area contributed by atoms with Crippen molar-refractivity contribution in [2.45, 2.75) is 13.0 Å². The molecule has 5 heteroatoms. The second-order valence-corrected chi connectivity index (χ2v) is 3.66. The Morgan fingerprint density at radius 2 is 2.12 bits per heavy atom. The highest BCUT2D eigenvalue weighted by molar-refractivity contribution is 5.48. The number of nitrogen functional groups attached to an aromatic ring is 1. The second-order valence-electron chi connectivity index (χ2n) is 3.66. The summed E-state index contributed by atoms with van der Waals surface area (Å²) in [5.41, 5.74) is 7.04. The number of nitrogens with zero attached hydrogens (tertiary/aromatic N) is 1. The Hall–Kier alpha value is -1.36. The molecule has 1 aromatic rings. The number of halogens is 2. The number of rotatable bonds is 5. The van der Waals surface area contributed by atoms with Crippen LogP contribution in [-0.4, -0.2) is 32.0 Å². The van der Waals surface area contributed by atoms with Gasteiger partial charge in [-0.05, 0) is 13.1 Å². The number of anilines is 1. The molecule has 0 heterocycles. The van der Waals surface area contributed by atoms with Crippen LogP contribution >= 0.6 is 0 Å². The van der Waals surface area contributed by atoms with Gasteiger partial charge in [0.05, 0.1) is 13.7 Å². The van der Waals surface area contributed by atoms with E-state index in [1.807, 2.05) is 0 Å². The van der Waals surface area contributed by atoms with Gasteiger partial charge in [0, 0.05) is 23.9 Å². The third-order valence-electron chi connectivity index (χ3n) is 2.20. The summed E-state index contributed by atoms with van der Waals surface area (Å²) in [6, 6.07) is 5.20. The summed E-state index contributed by atoms with van der Waals surface area (Å²) in [5, 5.41) is 0. The standard InChI is InChI=1S/C11H16F2N2O/c1-15(7-11(12)13)6-8-3-4-9(14)5-10(8)16-2/h3-5,11H,6-7,14H2,1-2H3. The van der Waals surface area contributed by atoms with Crippen molar-refractivity contribution in [1.82, 2.24) is 4.90 Å². The number of alkyl halides is 2. The summed E-state index contributed by atoms with van der Waals surface area (Å²) < 4.78 is 29.4. The molecule has 2 N–H and O–H groups in total. The van der Waals surface area contributed by atoms with Crippen LogP contribution in [0.5, 0.6) is 5.75 Å². The van der Waals surface area contributed by atoms with Gasteiger partial charge in [0.15, 0.2) is 0 Å². The minimum absolute atomic E-state index is 0.256. The molecule has 0 aliphatic heterocycles. The second kappa shape index (κ2) is 5.65. The summed E-state index contributed by atoms with van der Waals surface area (Å²) in [5.74, 6) is 0.626. The first-order chi connectivity index (χ1) is 7.52. The van der Waals surface area contributed by atoms with Crippen LogP contribution in [0.25, 0.3) is 0 Å². The fraction of sp³-hybridized carbons (Fsp3) is 0.455. The Kier molecular flexibility index (Phi) is 4.49. The van der Waals surface area contributed by atoms with Gasteiger partial charge < -0.3 is 10.5 Å². The van der Waals surface area contributed by atoms with E-state index in [4.69, 9.17) is 10.5 Å². The van der Waals surface area contributed by atoms with Crippen molar-refractivity contribution in [1.29, 1.82) is 0 Å². The summed E-state index contributed by atoms with van der Waals surface area (Å²) in [6.45, 7) is 0.154. The van der Waals surface area contributed by atoms with Gasteiger partial charge in [-0.15, -0.1) is 0 Å². The number of hydrogen-bond acceptors (Lipinski definition) is 3. The number of methoxy groups -OCH3 is 1. The van der Waals surface area contributed by atoms with Gasteiger partial charge in [0.2, 0.25) is 0 Å². The van der Waals surface area contributed by atoms with Crippen molar-refractivity contribution < 1.29 is 13.5 Å². The first kappa shape index (κ1) is 12.7. The van der Waals surface area contributed by atoms with E-state index in [1.54, 1.807) is 30.1 Å². The molecule has 0 saturated heterocycles. The van der Waals surface area contributed by atoms with Crippen molar-refractivity contribution >= 4 is 5.69 Å². The number of ether oxygens (including phenoxy) is 1. The molecule has 16 heavy (non-hydrogen) atoms. The van der Waals surface area contributed by atoms with Crippen molar-refractivity contribution in [2.24, 2.45) is 0 Å². The molecule has 3 nitrogen and oxygen atoms in total. The van der Waals surface area contributed by atoms with Gasteiger partial charge in [0.25, 0.3) is 6.43 Å². The molecular weight excluding hydrogens is 214 g/mol. The maximum absolute atomic E-state index is 12.1. The number of hydrogen-bond donors (Lipinski definition) is 1. The third-order valence-corrected chi connectivity index (χ3v) is 2.20. The average molecular weight is 230 g/mol. The maximum Gasteiger partial charge on any atom is 0.251 e. The zero-order valence-electron chi connectivity index (χ0n) is 9.41. The van der Waals surface area contributed by atoms with Crippen molar-refractivity contribution in [3.8, 4) is 5.75 Å². The van der Waals surface area contributed by atoms with E-state index in [1.165, 1.54) is 7.11 Å². The molecule has 0 spiro atoms. The van der Waals surface area contributed by atoms with E-state index in [0.717, 1.165) is 5.56 Å². The lowest BCUT2D eigenvalue weighted by Crippen LogP contribution is -2.24. The van der Waals surface area contributed by atoms with E-state index in [2.05, 4.69) is 0 Å². The summed E-state index contributed by atoms with van der Waals surface area (Å²) in [7, 11) is 3.17. The van der Waals surface area contributed by atoms with E-state index in [0.29, 0.717) is 18.0 Å². The molecule has 0 fully saturated rings. The van der Waals surface area contributed by atoms with E-state index in [9.17, 15) is 8.78 Å². The predicted octanol–water partition coefficient (Wildman–Crippen LogP) is 1.97. The van der Waals surface area contributed by atoms with Gasteiger partial charge in [-0.3, -0.25) is 4.90 Å². The zero-order chi connectivity index (χ0) is 12.1. The van der Waals surface area contributed by atoms with E-state index >= 15 is 0 Å². The van der Waals surface area contributed by atoms with Crippen LogP contribution < -0.4 is 10.5 Å². The van der Waals surface area contributed by atoms with Crippen molar-refractivity contribution in [2.75, 3.05) is 26.4 Å². The van der Waals surface area contributed by atoms with Crippen molar-refractivity contribution in [3.05, 3.63) is 23.8 Å². The minimum Gasteiger partial charge on any atom is -0.496 e. The molecule has 90 valence electrons. The largest absolute Gasteiger partial charge is 0.496 e. The monoisotopic (exact) mass is 230 g/mol. The Morgan fingerprint density at radius 1 is 1.44 bits per heavy atom. The van der Waals surface area contributed by atoms with Crippen molar-refractivity contribution in [3.63, 3.8) is 0 Å². The highest BCUT2D eigenvalue weighted by atomic mass is 19.3. The molecule has 0 bridgehead atoms. The lowest BCUT2D eigenvalue weighted by atomic mass is 10.1. The summed E-state index contributed by atoms with van der Waals surface area (Å²) in [6.07, 6.45) is -2.33. The topological polar surface area (TPSA) is 38.5 Å². The number of benzene rings is 1. The van der Waals surface area contributed by atoms with Crippen LogP contribution in [0.2, 0.25) is 0 Å². The highest BCUT2D eigenvalue weighted by Gasteiger charge is 2.10. The molecule has 1 rings (SSSR count). The SMILES string of the molecule is COc1cc(N)ccc1CN(C)CC(F)F. The summed E-state index contributed by atoms with van der Waals surface area (Å²) in [4.78, 5) is 1.54. The first-order valence-corrected chi connectivity index (χ1v) is 4.92. The number of nitrogens with two attached hydrogens (primary N) is 1. The fourth-order valence-corrected chi connectivity index (χ4v) is 1.48. The zero-order valence-corrected chi connectivity index (χ0v) is 9.41. The molecule has 0 unspecified atom stereocenters. The van der Waals surface area contributed by atoms with Gasteiger partial charge in [0.1, 0.15) is 5.75 Å². The predicted molar refractivity (Wildman–Crippen MR) is 59.7 cm³/mol. The molecule has 0 saturated carbocycles. The van der Waals surface area contributed by atoms with Gasteiger partial charge in [-0.2, -0.15) is 0 Å². The Morgan fingerprint density at radius 3 is 2.69 bits per heavy atom. The van der Waals surface area contributed by atoms with Crippen LogP contribution in [0.3, 0.4) is 0 Å². The lowest BCUT2D eigenvalue weighted by Gasteiger charge is -2.18. The van der Waals surface area contributed by atoms with Crippen LogP contribution in [-0.2, 0) is 6.54 Å². The van der Waals surface area contributed by atoms with Crippen LogP contribution in [0.4, 0.5) is 14.5 Å². The molecule has 0 amide bonds. The van der Waals surface area contributed by atoms with Gasteiger partial charge >= 0.3 is 0 Å². The Balaban J connectivity index is 2.72. The van der Waals surface area contributed by atoms with E-state index < -0.39 is 6.43 Å². The van der Waals surface area contributed by atoms with Gasteiger partial charge in [-0.25, -0.2) is 8.78 Å². The van der Waals surface area contributed by atoms with Crippen LogP contribution in [0.15, 0.2) is 18.2 Å². The fourth-order valence-electron chi connectivity index (χ4n) is 1.48. The Labute approximate surface area is 93.8 Å². The Bertz CT molecular complexity index is 345. The summed E-state index contributed by atoms with van der Waals surface area (Å²) >= 11 is 0. The van der Waals surface area contributed by atoms with Crippen LogP contribution in [0, 0.1) is 0 Å². The normalized spacial score (nSPS) is 11.1. The molecule has 1 aromatic carbocycles. The van der Waals surface area contributed by atoms with Crippen LogP contribution in [0.1, 0.15) is 5.56 Å². The first-order valence-electron chi connectivity index (χ1n) is 4.92. The lowest BCUT2D eigenvalue weighted by molar-refractivity contribution is 0.0972. The molecule has 0 aliphatic rings. The maximum atomic E-state index is 12.1. The average Bonchev–Trinajstić information content (AvgIpc) is 2.19. The minimum atomic E-state index is -2.33. The smallest absolute Gasteiger partial charge is 0.251 e. The molecule has 0 radical (unpaired) electrons.